The van der Waals surface area contributed by atoms with Crippen molar-refractivity contribution in [1.29, 1.82) is 0 Å². The van der Waals surface area contributed by atoms with Crippen LogP contribution in [0.5, 0.6) is 5.75 Å². The molecule has 0 aliphatic carbocycles. The lowest BCUT2D eigenvalue weighted by atomic mass is 10.2. The molecule has 0 aliphatic rings. The molecule has 124 valence electrons. The molecule has 3 rings (SSSR count). The van der Waals surface area contributed by atoms with Crippen LogP contribution < -0.4 is 16.0 Å². The first-order valence-electron chi connectivity index (χ1n) is 7.20. The lowest BCUT2D eigenvalue weighted by molar-refractivity contribution is 0.348. The van der Waals surface area contributed by atoms with Crippen molar-refractivity contribution >= 4 is 22.1 Å². The van der Waals surface area contributed by atoms with Gasteiger partial charge in [-0.3, -0.25) is 4.79 Å². The molecule has 3 aromatic rings. The molecule has 0 aliphatic heterocycles. The molecule has 2 heterocycles. The summed E-state index contributed by atoms with van der Waals surface area (Å²) in [5.74, 6) is 0.522. The summed E-state index contributed by atoms with van der Waals surface area (Å²) in [5.41, 5.74) is 5.54. The van der Waals surface area contributed by atoms with Crippen LogP contribution >= 0.6 is 11.3 Å². The SMILES string of the molecule is NC/C(=C\F)COc1ccc2c(=O)n(Cc3nccs3)ncc2c1. The third kappa shape index (κ3) is 3.50. The number of rotatable bonds is 6. The summed E-state index contributed by atoms with van der Waals surface area (Å²) in [4.78, 5) is 16.6. The first kappa shape index (κ1) is 16.3. The summed E-state index contributed by atoms with van der Waals surface area (Å²) < 4.78 is 19.3. The lowest BCUT2D eigenvalue weighted by Crippen LogP contribution is -2.23. The molecule has 8 heteroatoms. The molecular weight excluding hydrogens is 331 g/mol. The summed E-state index contributed by atoms with van der Waals surface area (Å²) in [7, 11) is 0. The Kier molecular flexibility index (Phi) is 4.97. The van der Waals surface area contributed by atoms with Crippen molar-refractivity contribution in [3.63, 3.8) is 0 Å². The molecule has 0 unspecified atom stereocenters. The zero-order valence-corrected chi connectivity index (χ0v) is 13.5. The van der Waals surface area contributed by atoms with Gasteiger partial charge in [-0.05, 0) is 18.2 Å². The summed E-state index contributed by atoms with van der Waals surface area (Å²) in [6.45, 7) is 0.492. The number of thiazole rings is 1. The number of hydrogen-bond donors (Lipinski definition) is 1. The van der Waals surface area contributed by atoms with Crippen molar-refractivity contribution in [3.8, 4) is 5.75 Å². The van der Waals surface area contributed by atoms with E-state index in [9.17, 15) is 9.18 Å². The summed E-state index contributed by atoms with van der Waals surface area (Å²) in [6, 6.07) is 5.04. The molecule has 2 aromatic heterocycles. The molecule has 1 aromatic carbocycles. The molecule has 0 amide bonds. The maximum atomic E-state index is 12.5. The zero-order valence-electron chi connectivity index (χ0n) is 12.7. The zero-order chi connectivity index (χ0) is 16.9. The van der Waals surface area contributed by atoms with Crippen molar-refractivity contribution < 1.29 is 9.13 Å². The monoisotopic (exact) mass is 346 g/mol. The van der Waals surface area contributed by atoms with Crippen molar-refractivity contribution in [2.45, 2.75) is 6.54 Å². The quantitative estimate of drug-likeness (QED) is 0.739. The van der Waals surface area contributed by atoms with Gasteiger partial charge < -0.3 is 10.5 Å². The van der Waals surface area contributed by atoms with Crippen molar-refractivity contribution in [3.05, 3.63) is 63.2 Å². The molecule has 2 N–H and O–H groups in total. The smallest absolute Gasteiger partial charge is 0.275 e. The fourth-order valence-corrected chi connectivity index (χ4v) is 2.74. The van der Waals surface area contributed by atoms with E-state index in [1.54, 1.807) is 30.6 Å². The van der Waals surface area contributed by atoms with Crippen molar-refractivity contribution in [2.75, 3.05) is 13.2 Å². The van der Waals surface area contributed by atoms with Gasteiger partial charge in [-0.2, -0.15) is 5.10 Å². The van der Waals surface area contributed by atoms with E-state index < -0.39 is 0 Å². The van der Waals surface area contributed by atoms with Crippen LogP contribution in [0.2, 0.25) is 0 Å². The van der Waals surface area contributed by atoms with E-state index in [1.165, 1.54) is 16.0 Å². The Morgan fingerprint density at radius 3 is 3.04 bits per heavy atom. The third-order valence-electron chi connectivity index (χ3n) is 3.43. The van der Waals surface area contributed by atoms with Crippen molar-refractivity contribution in [1.82, 2.24) is 14.8 Å². The van der Waals surface area contributed by atoms with Crippen LogP contribution in [-0.4, -0.2) is 27.9 Å². The van der Waals surface area contributed by atoms with E-state index in [0.29, 0.717) is 35.0 Å². The van der Waals surface area contributed by atoms with Crippen LogP contribution in [0.25, 0.3) is 10.8 Å². The Hall–Kier alpha value is -2.58. The molecule has 0 fully saturated rings. The Labute approximate surface area is 141 Å². The van der Waals surface area contributed by atoms with Gasteiger partial charge in [0.15, 0.2) is 0 Å². The van der Waals surface area contributed by atoms with Gasteiger partial charge in [0.2, 0.25) is 0 Å². The number of aromatic nitrogens is 3. The minimum Gasteiger partial charge on any atom is -0.489 e. The van der Waals surface area contributed by atoms with Gasteiger partial charge in [0.25, 0.3) is 5.56 Å². The van der Waals surface area contributed by atoms with E-state index in [2.05, 4.69) is 10.1 Å². The number of halogens is 1. The maximum absolute atomic E-state index is 12.5. The molecule has 24 heavy (non-hydrogen) atoms. The molecule has 0 radical (unpaired) electrons. The van der Waals surface area contributed by atoms with E-state index >= 15 is 0 Å². The molecular formula is C16H15FN4O2S. The average molecular weight is 346 g/mol. The Bertz CT molecular complexity index is 921. The van der Waals surface area contributed by atoms with Gasteiger partial charge in [0.1, 0.15) is 17.4 Å². The molecule has 0 bridgehead atoms. The molecule has 0 saturated heterocycles. The maximum Gasteiger partial charge on any atom is 0.275 e. The van der Waals surface area contributed by atoms with Gasteiger partial charge in [-0.25, -0.2) is 14.1 Å². The predicted octanol–water partition coefficient (Wildman–Crippen LogP) is 2.09. The van der Waals surface area contributed by atoms with E-state index in [1.807, 2.05) is 5.38 Å². The molecule has 0 spiro atoms. The summed E-state index contributed by atoms with van der Waals surface area (Å²) >= 11 is 1.47. The van der Waals surface area contributed by atoms with Crippen LogP contribution in [0, 0.1) is 0 Å². The van der Waals surface area contributed by atoms with Crippen LogP contribution in [0.15, 0.2) is 52.7 Å². The Morgan fingerprint density at radius 1 is 1.46 bits per heavy atom. The van der Waals surface area contributed by atoms with Gasteiger partial charge in [0, 0.05) is 29.1 Å². The standard InChI is InChI=1S/C16H15FN4O2S/c17-6-11(7-18)10-23-13-1-2-14-12(5-13)8-20-21(16(14)22)9-15-19-3-4-24-15/h1-6,8H,7,9-10,18H2/b11-6+. The minimum atomic E-state index is -0.194. The summed E-state index contributed by atoms with van der Waals surface area (Å²) in [5, 5.41) is 8.04. The second-order valence-corrected chi connectivity index (χ2v) is 6.02. The van der Waals surface area contributed by atoms with Gasteiger partial charge >= 0.3 is 0 Å². The molecule has 0 saturated carbocycles. The number of benzene rings is 1. The lowest BCUT2D eigenvalue weighted by Gasteiger charge is -2.09. The van der Waals surface area contributed by atoms with Crippen LogP contribution in [0.4, 0.5) is 4.39 Å². The van der Waals surface area contributed by atoms with Gasteiger partial charge in [-0.1, -0.05) is 0 Å². The van der Waals surface area contributed by atoms with Crippen LogP contribution in [-0.2, 0) is 6.54 Å². The predicted molar refractivity (Wildman–Crippen MR) is 91.0 cm³/mol. The van der Waals surface area contributed by atoms with Crippen LogP contribution in [0.3, 0.4) is 0 Å². The fraction of sp³-hybridized carbons (Fsp3) is 0.188. The number of nitrogens with zero attached hydrogens (tertiary/aromatic N) is 3. The first-order chi connectivity index (χ1) is 11.7. The summed E-state index contributed by atoms with van der Waals surface area (Å²) in [6.07, 6.45) is 3.74. The highest BCUT2D eigenvalue weighted by molar-refractivity contribution is 7.09. The number of ether oxygens (including phenoxy) is 1. The Morgan fingerprint density at radius 2 is 2.33 bits per heavy atom. The first-order valence-corrected chi connectivity index (χ1v) is 8.08. The van der Waals surface area contributed by atoms with E-state index in [0.717, 1.165) is 5.01 Å². The van der Waals surface area contributed by atoms with Gasteiger partial charge in [-0.15, -0.1) is 11.3 Å². The molecule has 0 atom stereocenters. The average Bonchev–Trinajstić information content (AvgIpc) is 3.11. The van der Waals surface area contributed by atoms with E-state index in [-0.39, 0.29) is 18.7 Å². The second kappa shape index (κ2) is 7.33. The number of nitrogens with two attached hydrogens (primary N) is 1. The number of fused-ring (bicyclic) bond motifs is 1. The van der Waals surface area contributed by atoms with E-state index in [4.69, 9.17) is 10.5 Å². The number of hydrogen-bond acceptors (Lipinski definition) is 6. The van der Waals surface area contributed by atoms with Gasteiger partial charge in [0.05, 0.1) is 24.5 Å². The van der Waals surface area contributed by atoms with Crippen molar-refractivity contribution in [2.24, 2.45) is 5.73 Å². The normalized spacial score (nSPS) is 11.8. The largest absolute Gasteiger partial charge is 0.489 e. The minimum absolute atomic E-state index is 0.0625. The second-order valence-electron chi connectivity index (χ2n) is 5.04. The third-order valence-corrected chi connectivity index (χ3v) is 4.20. The topological polar surface area (TPSA) is 83.0 Å². The highest BCUT2D eigenvalue weighted by Crippen LogP contribution is 2.18. The fourth-order valence-electron chi connectivity index (χ4n) is 2.14. The highest BCUT2D eigenvalue weighted by Gasteiger charge is 2.08. The van der Waals surface area contributed by atoms with Crippen LogP contribution in [0.1, 0.15) is 5.01 Å². The highest BCUT2D eigenvalue weighted by atomic mass is 32.1. The molecule has 6 nitrogen and oxygen atoms in total. The Balaban J connectivity index is 1.85.